The van der Waals surface area contributed by atoms with Crippen molar-refractivity contribution in [1.29, 1.82) is 0 Å². The lowest BCUT2D eigenvalue weighted by Gasteiger charge is -2.30. The first kappa shape index (κ1) is 19.0. The number of anilines is 1. The van der Waals surface area contributed by atoms with Crippen LogP contribution in [0.5, 0.6) is 11.5 Å². The molecule has 1 amide bonds. The van der Waals surface area contributed by atoms with Crippen LogP contribution in [-0.4, -0.2) is 19.6 Å². The highest BCUT2D eigenvalue weighted by atomic mass is 16.5. The Labute approximate surface area is 170 Å². The number of amides is 1. The second kappa shape index (κ2) is 8.80. The van der Waals surface area contributed by atoms with Crippen LogP contribution in [0.3, 0.4) is 0 Å². The second-order valence-electron chi connectivity index (χ2n) is 6.96. The molecule has 0 aliphatic carbocycles. The third-order valence-corrected chi connectivity index (χ3v) is 5.06. The van der Waals surface area contributed by atoms with Gasteiger partial charge in [0.15, 0.2) is 0 Å². The number of para-hydroxylation sites is 1. The van der Waals surface area contributed by atoms with Gasteiger partial charge in [0.25, 0.3) is 0 Å². The Balaban J connectivity index is 1.60. The summed E-state index contributed by atoms with van der Waals surface area (Å²) in [7, 11) is 1.61. The van der Waals surface area contributed by atoms with E-state index in [1.807, 2.05) is 78.9 Å². The van der Waals surface area contributed by atoms with E-state index < -0.39 is 6.04 Å². The lowest BCUT2D eigenvalue weighted by Crippen LogP contribution is -2.37. The van der Waals surface area contributed by atoms with Crippen LogP contribution >= 0.6 is 0 Å². The molecule has 0 bridgehead atoms. The minimum Gasteiger partial charge on any atom is -0.497 e. The molecule has 1 aliphatic rings. The number of ether oxygens (including phenoxy) is 2. The normalized spacial score (nSPS) is 16.2. The molecule has 3 aromatic carbocycles. The highest BCUT2D eigenvalue weighted by Gasteiger charge is 2.28. The highest BCUT2D eigenvalue weighted by molar-refractivity contribution is 5.95. The van der Waals surface area contributed by atoms with E-state index in [9.17, 15) is 4.79 Å². The van der Waals surface area contributed by atoms with E-state index in [0.29, 0.717) is 18.0 Å². The van der Waals surface area contributed by atoms with Gasteiger partial charge in [-0.25, -0.2) is 0 Å². The summed E-state index contributed by atoms with van der Waals surface area (Å²) >= 11 is 0. The Bertz CT molecular complexity index is 975. The van der Waals surface area contributed by atoms with Crippen LogP contribution < -0.4 is 20.1 Å². The maximum atomic E-state index is 13.3. The van der Waals surface area contributed by atoms with Crippen molar-refractivity contribution in [2.75, 3.05) is 19.0 Å². The molecule has 0 spiro atoms. The van der Waals surface area contributed by atoms with Gasteiger partial charge in [0.2, 0.25) is 5.91 Å². The molecule has 3 aromatic rings. The van der Waals surface area contributed by atoms with Crippen LogP contribution in [0.15, 0.2) is 78.9 Å². The summed E-state index contributed by atoms with van der Waals surface area (Å²) in [4.78, 5) is 13.3. The molecular formula is C24H24N2O3. The quantitative estimate of drug-likeness (QED) is 0.653. The summed E-state index contributed by atoms with van der Waals surface area (Å²) in [6.07, 6.45) is 0.798. The molecule has 5 heteroatoms. The molecule has 5 nitrogen and oxygen atoms in total. The second-order valence-corrected chi connectivity index (χ2v) is 6.96. The van der Waals surface area contributed by atoms with Gasteiger partial charge in [-0.15, -0.1) is 0 Å². The standard InChI is InChI=1S/C24H24N2O3/c1-28-19-11-7-10-18(16-19)25-24(27)23(17-8-3-2-4-9-17)26-21-14-15-29-22-13-6-5-12-20(21)22/h2-13,16,21,23,26H,14-15H2,1H3,(H,25,27)/t21-,23+/m0/s1. The molecule has 2 N–H and O–H groups in total. The molecule has 2 atom stereocenters. The molecule has 1 aliphatic heterocycles. The predicted molar refractivity (Wildman–Crippen MR) is 113 cm³/mol. The fraction of sp³-hybridized carbons (Fsp3) is 0.208. The molecule has 0 saturated carbocycles. The van der Waals surface area contributed by atoms with Crippen molar-refractivity contribution in [2.45, 2.75) is 18.5 Å². The zero-order chi connectivity index (χ0) is 20.1. The van der Waals surface area contributed by atoms with Crippen LogP contribution in [0, 0.1) is 0 Å². The van der Waals surface area contributed by atoms with Gasteiger partial charge in [-0.3, -0.25) is 10.1 Å². The minimum absolute atomic E-state index is 0.0289. The van der Waals surface area contributed by atoms with E-state index in [1.165, 1.54) is 0 Å². The van der Waals surface area contributed by atoms with E-state index in [2.05, 4.69) is 10.6 Å². The minimum atomic E-state index is -0.501. The van der Waals surface area contributed by atoms with Gasteiger partial charge in [-0.05, 0) is 23.8 Å². The van der Waals surface area contributed by atoms with Gasteiger partial charge in [0.05, 0.1) is 13.7 Å². The third kappa shape index (κ3) is 4.41. The molecule has 4 rings (SSSR count). The monoisotopic (exact) mass is 388 g/mol. The number of methoxy groups -OCH3 is 1. The van der Waals surface area contributed by atoms with Crippen molar-refractivity contribution in [3.63, 3.8) is 0 Å². The smallest absolute Gasteiger partial charge is 0.246 e. The van der Waals surface area contributed by atoms with Gasteiger partial charge >= 0.3 is 0 Å². The Hall–Kier alpha value is -3.31. The maximum absolute atomic E-state index is 13.3. The van der Waals surface area contributed by atoms with Crippen LogP contribution in [0.1, 0.15) is 29.6 Å². The lowest BCUT2D eigenvalue weighted by atomic mass is 9.97. The largest absolute Gasteiger partial charge is 0.497 e. The van der Waals surface area contributed by atoms with Gasteiger partial charge < -0.3 is 14.8 Å². The van der Waals surface area contributed by atoms with E-state index in [0.717, 1.165) is 23.3 Å². The molecule has 0 saturated heterocycles. The van der Waals surface area contributed by atoms with Crippen LogP contribution in [-0.2, 0) is 4.79 Å². The average molecular weight is 388 g/mol. The van der Waals surface area contributed by atoms with Gasteiger partial charge in [0, 0.05) is 29.8 Å². The summed E-state index contributed by atoms with van der Waals surface area (Å²) in [6.45, 7) is 0.619. The molecular weight excluding hydrogens is 364 g/mol. The van der Waals surface area contributed by atoms with Crippen molar-refractivity contribution in [2.24, 2.45) is 0 Å². The van der Waals surface area contributed by atoms with E-state index in [1.54, 1.807) is 7.11 Å². The first-order valence-corrected chi connectivity index (χ1v) is 9.72. The first-order valence-electron chi connectivity index (χ1n) is 9.72. The summed E-state index contributed by atoms with van der Waals surface area (Å²) < 4.78 is 11.0. The number of carbonyl (C=O) groups excluding carboxylic acids is 1. The zero-order valence-corrected chi connectivity index (χ0v) is 16.3. The first-order chi connectivity index (χ1) is 14.2. The number of hydrogen-bond acceptors (Lipinski definition) is 4. The van der Waals surface area contributed by atoms with Crippen molar-refractivity contribution in [1.82, 2.24) is 5.32 Å². The van der Waals surface area contributed by atoms with Crippen LogP contribution in [0.25, 0.3) is 0 Å². The zero-order valence-electron chi connectivity index (χ0n) is 16.3. The number of nitrogens with one attached hydrogen (secondary N) is 2. The van der Waals surface area contributed by atoms with E-state index in [4.69, 9.17) is 9.47 Å². The SMILES string of the molecule is COc1cccc(NC(=O)[C@H](N[C@H]2CCOc3ccccc32)c2ccccc2)c1. The summed E-state index contributed by atoms with van der Waals surface area (Å²) in [5.41, 5.74) is 2.69. The highest BCUT2D eigenvalue weighted by Crippen LogP contribution is 2.33. The summed E-state index contributed by atoms with van der Waals surface area (Å²) in [5, 5.41) is 6.57. The predicted octanol–water partition coefficient (Wildman–Crippen LogP) is 4.49. The van der Waals surface area contributed by atoms with Gasteiger partial charge in [-0.2, -0.15) is 0 Å². The van der Waals surface area contributed by atoms with Crippen molar-refractivity contribution in [3.05, 3.63) is 90.0 Å². The average Bonchev–Trinajstić information content (AvgIpc) is 2.78. The van der Waals surface area contributed by atoms with Crippen LogP contribution in [0.4, 0.5) is 5.69 Å². The molecule has 0 radical (unpaired) electrons. The number of fused-ring (bicyclic) bond motifs is 1. The number of carbonyl (C=O) groups is 1. The Kier molecular flexibility index (Phi) is 5.77. The van der Waals surface area contributed by atoms with Crippen LogP contribution in [0.2, 0.25) is 0 Å². The molecule has 1 heterocycles. The van der Waals surface area contributed by atoms with Crippen molar-refractivity contribution >= 4 is 11.6 Å². The number of rotatable bonds is 6. The summed E-state index contributed by atoms with van der Waals surface area (Å²) in [6, 6.07) is 24.6. The Morgan fingerprint density at radius 2 is 1.83 bits per heavy atom. The molecule has 148 valence electrons. The summed E-state index contributed by atoms with van der Waals surface area (Å²) in [5.74, 6) is 1.45. The fourth-order valence-corrected chi connectivity index (χ4v) is 3.60. The van der Waals surface area contributed by atoms with E-state index >= 15 is 0 Å². The lowest BCUT2D eigenvalue weighted by molar-refractivity contribution is -0.118. The number of benzene rings is 3. The van der Waals surface area contributed by atoms with Crippen molar-refractivity contribution < 1.29 is 14.3 Å². The topological polar surface area (TPSA) is 59.6 Å². The molecule has 0 fully saturated rings. The molecule has 0 aromatic heterocycles. The fourth-order valence-electron chi connectivity index (χ4n) is 3.60. The van der Waals surface area contributed by atoms with Gasteiger partial charge in [-0.1, -0.05) is 54.6 Å². The van der Waals surface area contributed by atoms with Crippen molar-refractivity contribution in [3.8, 4) is 11.5 Å². The third-order valence-electron chi connectivity index (χ3n) is 5.06. The maximum Gasteiger partial charge on any atom is 0.246 e. The molecule has 0 unspecified atom stereocenters. The molecule has 29 heavy (non-hydrogen) atoms. The Morgan fingerprint density at radius 1 is 1.03 bits per heavy atom. The number of hydrogen-bond donors (Lipinski definition) is 2. The van der Waals surface area contributed by atoms with E-state index in [-0.39, 0.29) is 11.9 Å². The Morgan fingerprint density at radius 3 is 2.66 bits per heavy atom. The van der Waals surface area contributed by atoms with Gasteiger partial charge in [0.1, 0.15) is 17.5 Å².